The van der Waals surface area contributed by atoms with Crippen LogP contribution in [0, 0.1) is 4.77 Å². The summed E-state index contributed by atoms with van der Waals surface area (Å²) in [6, 6.07) is 7.51. The zero-order chi connectivity index (χ0) is 13.3. The molecule has 18 heavy (non-hydrogen) atoms. The molecule has 0 fully saturated rings. The first kappa shape index (κ1) is 12.6. The number of H-pyrrole nitrogens is 1. The second-order valence-electron chi connectivity index (χ2n) is 4.90. The Morgan fingerprint density at radius 1 is 1.39 bits per heavy atom. The maximum absolute atomic E-state index is 11.7. The number of benzene rings is 1. The van der Waals surface area contributed by atoms with E-state index in [-0.39, 0.29) is 0 Å². The van der Waals surface area contributed by atoms with Gasteiger partial charge in [0, 0.05) is 0 Å². The van der Waals surface area contributed by atoms with Crippen molar-refractivity contribution in [1.82, 2.24) is 9.66 Å². The normalized spacial score (nSPS) is 11.5. The van der Waals surface area contributed by atoms with E-state index in [9.17, 15) is 4.79 Å². The van der Waals surface area contributed by atoms with Gasteiger partial charge in [0.25, 0.3) is 0 Å². The van der Waals surface area contributed by atoms with Gasteiger partial charge in [-0.2, -0.15) is 0 Å². The average molecular weight is 265 g/mol. The number of nitrogens with zero attached hydrogens (tertiary/aromatic N) is 1. The minimum absolute atomic E-state index is 0.419. The highest BCUT2D eigenvalue weighted by Gasteiger charge is 2.17. The van der Waals surface area contributed by atoms with Crippen molar-refractivity contribution in [2.75, 3.05) is 5.43 Å². The molecule has 1 aromatic heterocycles. The average Bonchev–Trinajstić information content (AvgIpc) is 2.53. The Morgan fingerprint density at radius 3 is 2.72 bits per heavy atom. The molecule has 0 aliphatic carbocycles. The molecule has 0 bridgehead atoms. The molecule has 0 saturated heterocycles. The van der Waals surface area contributed by atoms with Gasteiger partial charge in [0.05, 0.1) is 11.0 Å². The Labute approximate surface area is 110 Å². The second-order valence-corrected chi connectivity index (χ2v) is 5.28. The molecule has 1 amide bonds. The molecule has 0 aliphatic heterocycles. The quantitative estimate of drug-likeness (QED) is 0.779. The van der Waals surface area contributed by atoms with Crippen molar-refractivity contribution in [3.8, 4) is 0 Å². The standard InChI is InChI=1S/C12H15N3O2S/c1-12(2,3)17-11(16)14-15-9-7-5-4-6-8(9)13-10(15)18/h4-7H,1-3H3,(H,13,18)(H,14,16). The number of hydrogen-bond acceptors (Lipinski definition) is 3. The van der Waals surface area contributed by atoms with Crippen LogP contribution in [0.25, 0.3) is 11.0 Å². The Kier molecular flexibility index (Phi) is 3.13. The van der Waals surface area contributed by atoms with Gasteiger partial charge in [-0.05, 0) is 45.1 Å². The number of aromatic nitrogens is 2. The minimum atomic E-state index is -0.543. The number of para-hydroxylation sites is 2. The third-order valence-corrected chi connectivity index (χ3v) is 2.48. The number of rotatable bonds is 1. The molecule has 5 nitrogen and oxygen atoms in total. The second kappa shape index (κ2) is 4.45. The Bertz CT molecular complexity index is 637. The molecule has 0 atom stereocenters. The maximum Gasteiger partial charge on any atom is 0.427 e. The number of imidazole rings is 1. The highest BCUT2D eigenvalue weighted by molar-refractivity contribution is 7.71. The lowest BCUT2D eigenvalue weighted by Crippen LogP contribution is -2.31. The van der Waals surface area contributed by atoms with Gasteiger partial charge in [-0.15, -0.1) is 0 Å². The molecule has 0 unspecified atom stereocenters. The van der Waals surface area contributed by atoms with Crippen LogP contribution < -0.4 is 5.43 Å². The number of aromatic amines is 1. The maximum atomic E-state index is 11.7. The first-order valence-corrected chi connectivity index (χ1v) is 5.97. The number of carbonyl (C=O) groups excluding carboxylic acids is 1. The zero-order valence-corrected chi connectivity index (χ0v) is 11.3. The van der Waals surface area contributed by atoms with E-state index >= 15 is 0 Å². The molecule has 1 heterocycles. The van der Waals surface area contributed by atoms with Gasteiger partial charge in [-0.3, -0.25) is 0 Å². The highest BCUT2D eigenvalue weighted by Crippen LogP contribution is 2.13. The molecule has 1 aromatic carbocycles. The molecule has 0 radical (unpaired) electrons. The smallest absolute Gasteiger partial charge is 0.427 e. The highest BCUT2D eigenvalue weighted by atomic mass is 32.1. The fourth-order valence-corrected chi connectivity index (χ4v) is 1.81. The Morgan fingerprint density at radius 2 is 2.06 bits per heavy atom. The summed E-state index contributed by atoms with van der Waals surface area (Å²) in [5.74, 6) is 0. The van der Waals surface area contributed by atoms with Crippen molar-refractivity contribution >= 4 is 29.3 Å². The van der Waals surface area contributed by atoms with Crippen LogP contribution in [0.1, 0.15) is 20.8 Å². The van der Waals surface area contributed by atoms with Crippen molar-refractivity contribution in [2.45, 2.75) is 26.4 Å². The molecule has 0 aliphatic rings. The summed E-state index contributed by atoms with van der Waals surface area (Å²) in [4.78, 5) is 14.7. The molecule has 96 valence electrons. The van der Waals surface area contributed by atoms with Gasteiger partial charge < -0.3 is 9.72 Å². The largest absolute Gasteiger partial charge is 0.443 e. The van der Waals surface area contributed by atoms with Crippen LogP contribution in [-0.4, -0.2) is 21.4 Å². The summed E-state index contributed by atoms with van der Waals surface area (Å²) in [6.45, 7) is 5.42. The molecule has 0 saturated carbocycles. The lowest BCUT2D eigenvalue weighted by atomic mass is 10.2. The van der Waals surface area contributed by atoms with E-state index < -0.39 is 11.7 Å². The lowest BCUT2D eigenvalue weighted by molar-refractivity contribution is 0.0614. The first-order chi connectivity index (χ1) is 8.37. The number of hydrogen-bond donors (Lipinski definition) is 2. The van der Waals surface area contributed by atoms with E-state index in [2.05, 4.69) is 10.4 Å². The van der Waals surface area contributed by atoms with Gasteiger partial charge in [0.2, 0.25) is 0 Å². The topological polar surface area (TPSA) is 59.0 Å². The van der Waals surface area contributed by atoms with E-state index in [1.54, 1.807) is 20.8 Å². The third-order valence-electron chi connectivity index (χ3n) is 2.19. The fourth-order valence-electron chi connectivity index (χ4n) is 1.56. The predicted molar refractivity (Wildman–Crippen MR) is 72.7 cm³/mol. The van der Waals surface area contributed by atoms with Gasteiger partial charge >= 0.3 is 6.09 Å². The van der Waals surface area contributed by atoms with Crippen LogP contribution in [0.15, 0.2) is 24.3 Å². The van der Waals surface area contributed by atoms with E-state index in [0.717, 1.165) is 11.0 Å². The molecular weight excluding hydrogens is 250 g/mol. The lowest BCUT2D eigenvalue weighted by Gasteiger charge is -2.19. The number of ether oxygens (including phenoxy) is 1. The van der Waals surface area contributed by atoms with Gasteiger partial charge in [0.1, 0.15) is 5.60 Å². The van der Waals surface area contributed by atoms with Crippen molar-refractivity contribution in [1.29, 1.82) is 0 Å². The first-order valence-electron chi connectivity index (χ1n) is 5.56. The summed E-state index contributed by atoms with van der Waals surface area (Å²) in [5.41, 5.74) is 3.73. The molecular formula is C12H15N3O2S. The molecule has 0 spiro atoms. The monoisotopic (exact) mass is 265 g/mol. The van der Waals surface area contributed by atoms with Crippen molar-refractivity contribution in [3.63, 3.8) is 0 Å². The third kappa shape index (κ3) is 2.70. The Hall–Kier alpha value is -1.82. The summed E-state index contributed by atoms with van der Waals surface area (Å²) in [5, 5.41) is 0. The predicted octanol–water partition coefficient (Wildman–Crippen LogP) is 3.18. The van der Waals surface area contributed by atoms with Gasteiger partial charge in [-0.1, -0.05) is 12.1 Å². The number of nitrogens with one attached hydrogen (secondary N) is 2. The Balaban J connectivity index is 2.30. The summed E-state index contributed by atoms with van der Waals surface area (Å²) < 4.78 is 7.10. The molecule has 2 aromatic rings. The van der Waals surface area contributed by atoms with Crippen LogP contribution in [-0.2, 0) is 4.74 Å². The van der Waals surface area contributed by atoms with Crippen LogP contribution in [0.4, 0.5) is 4.79 Å². The van der Waals surface area contributed by atoms with Crippen LogP contribution in [0.2, 0.25) is 0 Å². The molecule has 2 N–H and O–H groups in total. The number of carbonyl (C=O) groups is 1. The van der Waals surface area contributed by atoms with Crippen molar-refractivity contribution in [3.05, 3.63) is 29.0 Å². The molecule has 2 rings (SSSR count). The van der Waals surface area contributed by atoms with Crippen molar-refractivity contribution in [2.24, 2.45) is 0 Å². The molecule has 6 heteroatoms. The van der Waals surface area contributed by atoms with E-state index in [1.165, 1.54) is 4.68 Å². The number of fused-ring (bicyclic) bond motifs is 1. The summed E-state index contributed by atoms with van der Waals surface area (Å²) >= 11 is 5.15. The van der Waals surface area contributed by atoms with Crippen LogP contribution in [0.5, 0.6) is 0 Å². The fraction of sp³-hybridized carbons (Fsp3) is 0.333. The minimum Gasteiger partial charge on any atom is -0.443 e. The summed E-state index contributed by atoms with van der Waals surface area (Å²) in [6.07, 6.45) is -0.539. The van der Waals surface area contributed by atoms with E-state index in [4.69, 9.17) is 17.0 Å². The van der Waals surface area contributed by atoms with E-state index in [1.807, 2.05) is 24.3 Å². The van der Waals surface area contributed by atoms with Crippen molar-refractivity contribution < 1.29 is 9.53 Å². The van der Waals surface area contributed by atoms with Crippen LogP contribution >= 0.6 is 12.2 Å². The van der Waals surface area contributed by atoms with Gasteiger partial charge in [0.15, 0.2) is 4.77 Å². The summed E-state index contributed by atoms with van der Waals surface area (Å²) in [7, 11) is 0. The zero-order valence-electron chi connectivity index (χ0n) is 10.5. The van der Waals surface area contributed by atoms with Gasteiger partial charge in [-0.25, -0.2) is 14.9 Å². The SMILES string of the molecule is CC(C)(C)OC(=O)Nn1c(=S)[nH]c2ccccc21. The van der Waals surface area contributed by atoms with Crippen LogP contribution in [0.3, 0.4) is 0 Å². The van der Waals surface area contributed by atoms with E-state index in [0.29, 0.717) is 4.77 Å². The number of amides is 1.